The van der Waals surface area contributed by atoms with Gasteiger partial charge in [-0.25, -0.2) is 8.42 Å². The first-order chi connectivity index (χ1) is 8.59. The smallest absolute Gasteiger partial charge is 0.245 e. The molecule has 3 N–H and O–H groups in total. The second kappa shape index (κ2) is 5.08. The molecule has 0 aliphatic rings. The van der Waals surface area contributed by atoms with E-state index < -0.39 is 20.5 Å². The first kappa shape index (κ1) is 15.3. The van der Waals surface area contributed by atoms with Crippen molar-refractivity contribution in [2.75, 3.05) is 24.4 Å². The molecule has 0 bridgehead atoms. The number of benzene rings is 1. The van der Waals surface area contributed by atoms with Crippen molar-refractivity contribution in [3.8, 4) is 5.75 Å². The van der Waals surface area contributed by atoms with E-state index in [2.05, 4.69) is 5.32 Å². The molecular formula is C12H18N2O4S. The molecule has 0 aromatic heterocycles. The fraction of sp³-hybridized carbons (Fsp3) is 0.417. The largest absolute Gasteiger partial charge is 0.495 e. The van der Waals surface area contributed by atoms with Gasteiger partial charge >= 0.3 is 0 Å². The number of methoxy groups -OCH3 is 1. The average molecular weight is 286 g/mol. The number of nitrogens with one attached hydrogen (secondary N) is 1. The number of amides is 1. The summed E-state index contributed by atoms with van der Waals surface area (Å²) in [4.78, 5) is 12.0. The lowest BCUT2D eigenvalue weighted by Crippen LogP contribution is -2.43. The van der Waals surface area contributed by atoms with E-state index in [9.17, 15) is 13.2 Å². The first-order valence-corrected chi connectivity index (χ1v) is 7.43. The van der Waals surface area contributed by atoms with Gasteiger partial charge < -0.3 is 15.8 Å². The van der Waals surface area contributed by atoms with Gasteiger partial charge in [0.05, 0.1) is 12.8 Å². The molecule has 1 rings (SSSR count). The molecule has 7 heteroatoms. The summed E-state index contributed by atoms with van der Waals surface area (Å²) in [5, 5.41) is 2.53. The Balaban J connectivity index is 2.98. The molecule has 0 spiro atoms. The van der Waals surface area contributed by atoms with Crippen molar-refractivity contribution in [1.29, 1.82) is 0 Å². The minimum absolute atomic E-state index is 0.359. The normalized spacial score (nSPS) is 12.0. The Morgan fingerprint density at radius 1 is 1.37 bits per heavy atom. The van der Waals surface area contributed by atoms with Crippen LogP contribution in [0.25, 0.3) is 0 Å². The van der Waals surface area contributed by atoms with E-state index >= 15 is 0 Å². The molecule has 6 nitrogen and oxygen atoms in total. The van der Waals surface area contributed by atoms with Gasteiger partial charge in [-0.15, -0.1) is 0 Å². The lowest BCUT2D eigenvalue weighted by Gasteiger charge is -2.21. The summed E-state index contributed by atoms with van der Waals surface area (Å²) in [6, 6.07) is 4.69. The standard InChI is InChI=1S/C12H18N2O4S/c1-12(2,19(4,16)17)11(15)14-8-5-6-10(18-3)9(13)7-8/h5-7H,13H2,1-4H3,(H,14,15). The summed E-state index contributed by atoms with van der Waals surface area (Å²) in [6.07, 6.45) is 1.02. The SMILES string of the molecule is COc1ccc(NC(=O)C(C)(C)S(C)(=O)=O)cc1N. The van der Waals surface area contributed by atoms with Crippen LogP contribution >= 0.6 is 0 Å². The highest BCUT2D eigenvalue weighted by Crippen LogP contribution is 2.26. The highest BCUT2D eigenvalue weighted by molar-refractivity contribution is 7.92. The van der Waals surface area contributed by atoms with E-state index in [0.717, 1.165) is 6.26 Å². The van der Waals surface area contributed by atoms with E-state index in [-0.39, 0.29) is 0 Å². The maximum Gasteiger partial charge on any atom is 0.245 e. The number of nitrogens with two attached hydrogens (primary N) is 1. The summed E-state index contributed by atoms with van der Waals surface area (Å²) in [5.41, 5.74) is 6.48. The molecule has 1 amide bonds. The van der Waals surface area contributed by atoms with Crippen molar-refractivity contribution in [3.63, 3.8) is 0 Å². The number of carbonyl (C=O) groups is 1. The fourth-order valence-corrected chi connectivity index (χ4v) is 1.65. The number of ether oxygens (including phenoxy) is 1. The van der Waals surface area contributed by atoms with Gasteiger partial charge in [-0.3, -0.25) is 4.79 Å². The van der Waals surface area contributed by atoms with Crippen LogP contribution in [0.15, 0.2) is 18.2 Å². The third-order valence-corrected chi connectivity index (χ3v) is 5.00. The molecule has 0 fully saturated rings. The molecule has 0 aliphatic carbocycles. The van der Waals surface area contributed by atoms with Crippen LogP contribution < -0.4 is 15.8 Å². The second-order valence-corrected chi connectivity index (χ2v) is 7.26. The van der Waals surface area contributed by atoms with E-state index in [0.29, 0.717) is 17.1 Å². The lowest BCUT2D eigenvalue weighted by atomic mass is 10.2. The van der Waals surface area contributed by atoms with Crippen LogP contribution in [0.1, 0.15) is 13.8 Å². The third-order valence-electron chi connectivity index (χ3n) is 2.96. The van der Waals surface area contributed by atoms with Gasteiger partial charge in [-0.05, 0) is 32.0 Å². The Labute approximate surface area is 112 Å². The van der Waals surface area contributed by atoms with Gasteiger partial charge in [-0.1, -0.05) is 0 Å². The Bertz CT molecular complexity index is 594. The molecule has 0 saturated carbocycles. The van der Waals surface area contributed by atoms with E-state index in [1.807, 2.05) is 0 Å². The molecule has 0 heterocycles. The number of sulfone groups is 1. The predicted octanol–water partition coefficient (Wildman–Crippen LogP) is 1.04. The second-order valence-electron chi connectivity index (χ2n) is 4.69. The van der Waals surface area contributed by atoms with Gasteiger partial charge in [0, 0.05) is 11.9 Å². The van der Waals surface area contributed by atoms with Crippen molar-refractivity contribution in [1.82, 2.24) is 0 Å². The molecule has 0 aliphatic heterocycles. The van der Waals surface area contributed by atoms with Crippen LogP contribution in [0.5, 0.6) is 5.75 Å². The van der Waals surface area contributed by atoms with E-state index in [1.54, 1.807) is 12.1 Å². The summed E-state index contributed by atoms with van der Waals surface area (Å²) >= 11 is 0. The fourth-order valence-electron chi connectivity index (χ4n) is 1.26. The summed E-state index contributed by atoms with van der Waals surface area (Å²) in [6.45, 7) is 2.70. The predicted molar refractivity (Wildman–Crippen MR) is 75.0 cm³/mol. The Kier molecular flexibility index (Phi) is 4.09. The molecule has 0 unspecified atom stereocenters. The molecular weight excluding hydrogens is 268 g/mol. The summed E-state index contributed by atoms with van der Waals surface area (Å²) in [7, 11) is -2.03. The minimum Gasteiger partial charge on any atom is -0.495 e. The van der Waals surface area contributed by atoms with E-state index in [1.165, 1.54) is 27.0 Å². The van der Waals surface area contributed by atoms with E-state index in [4.69, 9.17) is 10.5 Å². The molecule has 0 saturated heterocycles. The van der Waals surface area contributed by atoms with Gasteiger partial charge in [0.2, 0.25) is 5.91 Å². The van der Waals surface area contributed by atoms with Crippen molar-refractivity contribution in [2.45, 2.75) is 18.6 Å². The van der Waals surface area contributed by atoms with Gasteiger partial charge in [0.25, 0.3) is 0 Å². The van der Waals surface area contributed by atoms with Crippen molar-refractivity contribution < 1.29 is 17.9 Å². The summed E-state index contributed by atoms with van der Waals surface area (Å²) in [5.74, 6) is -0.125. The minimum atomic E-state index is -3.51. The zero-order chi connectivity index (χ0) is 14.8. The monoisotopic (exact) mass is 286 g/mol. The Morgan fingerprint density at radius 2 is 1.95 bits per heavy atom. The number of carbonyl (C=O) groups excluding carboxylic acids is 1. The Hall–Kier alpha value is -1.76. The van der Waals surface area contributed by atoms with Crippen LogP contribution in [-0.2, 0) is 14.6 Å². The van der Waals surface area contributed by atoms with Crippen molar-refractivity contribution in [3.05, 3.63) is 18.2 Å². The highest BCUT2D eigenvalue weighted by Gasteiger charge is 2.38. The molecule has 0 radical (unpaired) electrons. The number of anilines is 2. The first-order valence-electron chi connectivity index (χ1n) is 5.54. The molecule has 106 valence electrons. The number of hydrogen-bond donors (Lipinski definition) is 2. The maximum atomic E-state index is 12.0. The molecule has 1 aromatic carbocycles. The number of nitrogen functional groups attached to an aromatic ring is 1. The van der Waals surface area contributed by atoms with Crippen LogP contribution in [0.4, 0.5) is 11.4 Å². The van der Waals surface area contributed by atoms with Crippen molar-refractivity contribution >= 4 is 27.1 Å². The van der Waals surface area contributed by atoms with Crippen LogP contribution in [0, 0.1) is 0 Å². The topological polar surface area (TPSA) is 98.5 Å². The zero-order valence-electron chi connectivity index (χ0n) is 11.4. The summed E-state index contributed by atoms with van der Waals surface area (Å²) < 4.78 is 26.6. The van der Waals surface area contributed by atoms with Gasteiger partial charge in [0.15, 0.2) is 9.84 Å². The average Bonchev–Trinajstić information content (AvgIpc) is 2.27. The highest BCUT2D eigenvalue weighted by atomic mass is 32.2. The number of hydrogen-bond acceptors (Lipinski definition) is 5. The van der Waals surface area contributed by atoms with Crippen LogP contribution in [0.3, 0.4) is 0 Å². The van der Waals surface area contributed by atoms with Crippen LogP contribution in [0.2, 0.25) is 0 Å². The maximum absolute atomic E-state index is 12.0. The van der Waals surface area contributed by atoms with Crippen LogP contribution in [-0.4, -0.2) is 32.4 Å². The molecule has 19 heavy (non-hydrogen) atoms. The molecule has 0 atom stereocenters. The third kappa shape index (κ3) is 3.17. The lowest BCUT2D eigenvalue weighted by molar-refractivity contribution is -0.117. The molecule has 1 aromatic rings. The van der Waals surface area contributed by atoms with Gasteiger partial charge in [-0.2, -0.15) is 0 Å². The van der Waals surface area contributed by atoms with Crippen molar-refractivity contribution in [2.24, 2.45) is 0 Å². The number of rotatable bonds is 4. The Morgan fingerprint density at radius 3 is 2.37 bits per heavy atom. The quantitative estimate of drug-likeness (QED) is 0.806. The zero-order valence-corrected chi connectivity index (χ0v) is 12.2. The van der Waals surface area contributed by atoms with Gasteiger partial charge in [0.1, 0.15) is 10.5 Å².